The molecule has 7 nitrogen and oxygen atoms in total. The van der Waals surface area contributed by atoms with Crippen LogP contribution in [0.5, 0.6) is 0 Å². The average molecular weight is 496 g/mol. The van der Waals surface area contributed by atoms with E-state index in [9.17, 15) is 27.6 Å². The summed E-state index contributed by atoms with van der Waals surface area (Å²) in [7, 11) is 0. The number of halogens is 3. The lowest BCUT2D eigenvalue weighted by Gasteiger charge is -2.35. The van der Waals surface area contributed by atoms with Crippen molar-refractivity contribution in [1.82, 2.24) is 9.80 Å². The van der Waals surface area contributed by atoms with Gasteiger partial charge in [0.2, 0.25) is 0 Å². The molecule has 4 amide bonds. The maximum Gasteiger partial charge on any atom is 0.416 e. The fourth-order valence-electron chi connectivity index (χ4n) is 3.82. The Labute approximate surface area is 205 Å². The van der Waals surface area contributed by atoms with Crippen molar-refractivity contribution in [2.24, 2.45) is 0 Å². The fraction of sp³-hybridized carbons (Fsp3) is 0.192. The third kappa shape index (κ3) is 6.01. The van der Waals surface area contributed by atoms with Crippen LogP contribution >= 0.6 is 0 Å². The van der Waals surface area contributed by atoms with Gasteiger partial charge in [-0.25, -0.2) is 4.79 Å². The van der Waals surface area contributed by atoms with E-state index in [1.165, 1.54) is 17.0 Å². The number of para-hydroxylation sites is 1. The first-order valence-corrected chi connectivity index (χ1v) is 11.2. The number of amides is 4. The molecule has 1 saturated heterocycles. The molecular formula is C26H23F3N4O3. The van der Waals surface area contributed by atoms with E-state index in [2.05, 4.69) is 10.6 Å². The van der Waals surface area contributed by atoms with Gasteiger partial charge in [-0.1, -0.05) is 24.3 Å². The zero-order chi connectivity index (χ0) is 25.7. The van der Waals surface area contributed by atoms with Gasteiger partial charge in [-0.2, -0.15) is 13.2 Å². The largest absolute Gasteiger partial charge is 0.416 e. The topological polar surface area (TPSA) is 81.8 Å². The third-order valence-electron chi connectivity index (χ3n) is 5.71. The minimum atomic E-state index is -4.53. The molecule has 0 aromatic heterocycles. The lowest BCUT2D eigenvalue weighted by molar-refractivity contribution is -0.137. The number of alkyl halides is 3. The molecule has 0 radical (unpaired) electrons. The van der Waals surface area contributed by atoms with Crippen LogP contribution in [0.2, 0.25) is 0 Å². The van der Waals surface area contributed by atoms with E-state index in [0.717, 1.165) is 12.1 Å². The average Bonchev–Trinajstić information content (AvgIpc) is 2.88. The fourth-order valence-corrected chi connectivity index (χ4v) is 3.82. The van der Waals surface area contributed by atoms with Crippen LogP contribution in [-0.2, 0) is 6.18 Å². The van der Waals surface area contributed by atoms with Gasteiger partial charge in [-0.15, -0.1) is 0 Å². The highest BCUT2D eigenvalue weighted by atomic mass is 19.4. The van der Waals surface area contributed by atoms with Crippen molar-refractivity contribution in [3.63, 3.8) is 0 Å². The Bertz CT molecular complexity index is 1240. The Kier molecular flexibility index (Phi) is 7.23. The van der Waals surface area contributed by atoms with Gasteiger partial charge in [-0.3, -0.25) is 9.59 Å². The Morgan fingerprint density at radius 3 is 1.72 bits per heavy atom. The second-order valence-electron chi connectivity index (χ2n) is 8.19. The van der Waals surface area contributed by atoms with Crippen LogP contribution in [0.1, 0.15) is 26.3 Å². The quantitative estimate of drug-likeness (QED) is 0.537. The summed E-state index contributed by atoms with van der Waals surface area (Å²) in [6.07, 6.45) is -4.53. The molecular weight excluding hydrogens is 473 g/mol. The highest BCUT2D eigenvalue weighted by molar-refractivity contribution is 6.00. The highest BCUT2D eigenvalue weighted by Gasteiger charge is 2.32. The van der Waals surface area contributed by atoms with Crippen molar-refractivity contribution < 1.29 is 27.6 Å². The van der Waals surface area contributed by atoms with E-state index in [0.29, 0.717) is 16.9 Å². The SMILES string of the molecule is O=C(Nc1ccccc1)Nc1ccc(C(=O)N2CCN(C(=O)c3cccc(C(F)(F)F)c3)CC2)cc1. The van der Waals surface area contributed by atoms with E-state index in [1.54, 1.807) is 53.4 Å². The summed E-state index contributed by atoms with van der Waals surface area (Å²) in [6, 6.07) is 19.3. The molecule has 0 spiro atoms. The molecule has 3 aromatic carbocycles. The Balaban J connectivity index is 1.30. The predicted octanol–water partition coefficient (Wildman–Crippen LogP) is 4.95. The Hall–Kier alpha value is -4.34. The molecule has 2 N–H and O–H groups in total. The first-order chi connectivity index (χ1) is 17.2. The van der Waals surface area contributed by atoms with Crippen LogP contribution in [0.25, 0.3) is 0 Å². The summed E-state index contributed by atoms with van der Waals surface area (Å²) >= 11 is 0. The van der Waals surface area contributed by atoms with Crippen molar-refractivity contribution in [2.75, 3.05) is 36.8 Å². The molecule has 186 valence electrons. The molecule has 0 aliphatic carbocycles. The van der Waals surface area contributed by atoms with Crippen LogP contribution < -0.4 is 10.6 Å². The van der Waals surface area contributed by atoms with Gasteiger partial charge in [0.15, 0.2) is 0 Å². The Morgan fingerprint density at radius 2 is 1.17 bits per heavy atom. The number of benzene rings is 3. The summed E-state index contributed by atoms with van der Waals surface area (Å²) in [4.78, 5) is 40.7. The number of nitrogens with one attached hydrogen (secondary N) is 2. The maximum absolute atomic E-state index is 13.0. The van der Waals surface area contributed by atoms with Crippen molar-refractivity contribution in [1.29, 1.82) is 0 Å². The van der Waals surface area contributed by atoms with E-state index in [1.807, 2.05) is 6.07 Å². The van der Waals surface area contributed by atoms with E-state index < -0.39 is 23.7 Å². The number of urea groups is 1. The van der Waals surface area contributed by atoms with Gasteiger partial charge in [0, 0.05) is 48.7 Å². The van der Waals surface area contributed by atoms with E-state index >= 15 is 0 Å². The van der Waals surface area contributed by atoms with Gasteiger partial charge >= 0.3 is 12.2 Å². The molecule has 1 aliphatic rings. The molecule has 1 aliphatic heterocycles. The molecule has 3 aromatic rings. The summed E-state index contributed by atoms with van der Waals surface area (Å²) in [5.74, 6) is -0.737. The second-order valence-corrected chi connectivity index (χ2v) is 8.19. The number of carbonyl (C=O) groups excluding carboxylic acids is 3. The van der Waals surface area contributed by atoms with Crippen LogP contribution in [-0.4, -0.2) is 53.8 Å². The zero-order valence-electron chi connectivity index (χ0n) is 19.1. The van der Waals surface area contributed by atoms with Crippen molar-refractivity contribution in [3.05, 3.63) is 95.6 Å². The molecule has 0 saturated carbocycles. The lowest BCUT2D eigenvalue weighted by atomic mass is 10.1. The van der Waals surface area contributed by atoms with Gasteiger partial charge in [-0.05, 0) is 54.6 Å². The molecule has 0 atom stereocenters. The molecule has 1 heterocycles. The molecule has 4 rings (SSSR count). The number of piperazine rings is 1. The minimum Gasteiger partial charge on any atom is -0.335 e. The van der Waals surface area contributed by atoms with Crippen LogP contribution in [0.4, 0.5) is 29.3 Å². The van der Waals surface area contributed by atoms with Gasteiger partial charge < -0.3 is 20.4 Å². The highest BCUT2D eigenvalue weighted by Crippen LogP contribution is 2.30. The van der Waals surface area contributed by atoms with Crippen molar-refractivity contribution in [2.45, 2.75) is 6.18 Å². The summed E-state index contributed by atoms with van der Waals surface area (Å²) in [6.45, 7) is 0.923. The normalized spacial score (nSPS) is 13.8. The van der Waals surface area contributed by atoms with Gasteiger partial charge in [0.1, 0.15) is 0 Å². The molecule has 36 heavy (non-hydrogen) atoms. The summed E-state index contributed by atoms with van der Waals surface area (Å²) in [5.41, 5.74) is 0.660. The first-order valence-electron chi connectivity index (χ1n) is 11.2. The monoisotopic (exact) mass is 496 g/mol. The lowest BCUT2D eigenvalue weighted by Crippen LogP contribution is -2.50. The van der Waals surface area contributed by atoms with E-state index in [4.69, 9.17) is 0 Å². The minimum absolute atomic E-state index is 0.0380. The molecule has 10 heteroatoms. The van der Waals surface area contributed by atoms with Crippen LogP contribution in [0, 0.1) is 0 Å². The molecule has 1 fully saturated rings. The first kappa shape index (κ1) is 24.8. The zero-order valence-corrected chi connectivity index (χ0v) is 19.1. The number of hydrogen-bond donors (Lipinski definition) is 2. The second kappa shape index (κ2) is 10.5. The van der Waals surface area contributed by atoms with Crippen molar-refractivity contribution >= 4 is 29.2 Å². The Morgan fingerprint density at radius 1 is 0.639 bits per heavy atom. The van der Waals surface area contributed by atoms with Gasteiger partial charge in [0.25, 0.3) is 11.8 Å². The number of anilines is 2. The summed E-state index contributed by atoms with van der Waals surface area (Å²) < 4.78 is 38.9. The number of rotatable bonds is 4. The van der Waals surface area contributed by atoms with Crippen LogP contribution in [0.15, 0.2) is 78.9 Å². The van der Waals surface area contributed by atoms with Crippen LogP contribution in [0.3, 0.4) is 0 Å². The number of nitrogens with zero attached hydrogens (tertiary/aromatic N) is 2. The van der Waals surface area contributed by atoms with Gasteiger partial charge in [0.05, 0.1) is 5.56 Å². The number of hydrogen-bond acceptors (Lipinski definition) is 3. The number of carbonyl (C=O) groups is 3. The predicted molar refractivity (Wildman–Crippen MR) is 129 cm³/mol. The standard InChI is InChI=1S/C26H23F3N4O3/c27-26(28,29)20-6-4-5-19(17-20)24(35)33-15-13-32(14-16-33)23(34)18-9-11-22(12-10-18)31-25(36)30-21-7-2-1-3-8-21/h1-12,17H,13-16H2,(H2,30,31,36). The third-order valence-corrected chi connectivity index (χ3v) is 5.71. The molecule has 0 unspecified atom stereocenters. The maximum atomic E-state index is 13.0. The van der Waals surface area contributed by atoms with Crippen molar-refractivity contribution in [3.8, 4) is 0 Å². The smallest absolute Gasteiger partial charge is 0.335 e. The van der Waals surface area contributed by atoms with E-state index in [-0.39, 0.29) is 37.6 Å². The molecule has 0 bridgehead atoms. The summed E-state index contributed by atoms with van der Waals surface area (Å²) in [5, 5.41) is 5.40.